The lowest BCUT2D eigenvalue weighted by molar-refractivity contribution is -0.128. The predicted octanol–water partition coefficient (Wildman–Crippen LogP) is 3.20. The van der Waals surface area contributed by atoms with Gasteiger partial charge in [0.1, 0.15) is 0 Å². The maximum absolute atomic E-state index is 12.7. The fourth-order valence-corrected chi connectivity index (χ4v) is 5.01. The molecule has 1 aromatic rings. The van der Waals surface area contributed by atoms with Gasteiger partial charge < -0.3 is 16.4 Å². The summed E-state index contributed by atoms with van der Waals surface area (Å²) in [6.45, 7) is 0.504. The minimum atomic E-state index is 0.0987. The molecule has 0 aromatic heterocycles. The fourth-order valence-electron chi connectivity index (χ4n) is 5.01. The second kappa shape index (κ2) is 8.01. The number of carbonyl (C=O) groups excluding carboxylic acids is 2. The Bertz CT molecular complexity index is 687. The third-order valence-electron chi connectivity index (χ3n) is 6.92. The molecule has 4 rings (SSSR count). The minimum Gasteiger partial charge on any atom is -0.352 e. The Balaban J connectivity index is 1.30. The first-order valence-corrected chi connectivity index (χ1v) is 10.5. The van der Waals surface area contributed by atoms with Crippen LogP contribution in [0.1, 0.15) is 56.9 Å². The van der Waals surface area contributed by atoms with E-state index in [4.69, 9.17) is 5.73 Å². The van der Waals surface area contributed by atoms with Crippen molar-refractivity contribution in [2.24, 2.45) is 29.4 Å². The molecule has 146 valence electrons. The Kier molecular flexibility index (Phi) is 5.48. The zero-order valence-electron chi connectivity index (χ0n) is 16.0. The first-order chi connectivity index (χ1) is 13.1. The summed E-state index contributed by atoms with van der Waals surface area (Å²) >= 11 is 0. The van der Waals surface area contributed by atoms with Crippen molar-refractivity contribution >= 4 is 17.5 Å². The van der Waals surface area contributed by atoms with E-state index in [2.05, 4.69) is 10.6 Å². The van der Waals surface area contributed by atoms with E-state index in [0.29, 0.717) is 24.4 Å². The molecule has 27 heavy (non-hydrogen) atoms. The number of hydrogen-bond acceptors (Lipinski definition) is 3. The van der Waals surface area contributed by atoms with Crippen LogP contribution < -0.4 is 16.4 Å². The van der Waals surface area contributed by atoms with Crippen LogP contribution in [0.15, 0.2) is 24.3 Å². The summed E-state index contributed by atoms with van der Waals surface area (Å²) in [7, 11) is 0. The highest BCUT2D eigenvalue weighted by Crippen LogP contribution is 2.41. The van der Waals surface area contributed by atoms with Crippen LogP contribution in [0, 0.1) is 23.7 Å². The highest BCUT2D eigenvalue weighted by Gasteiger charge is 2.40. The molecule has 3 saturated carbocycles. The zero-order chi connectivity index (χ0) is 18.8. The smallest absolute Gasteiger partial charge is 0.227 e. The molecule has 3 fully saturated rings. The van der Waals surface area contributed by atoms with Crippen LogP contribution in [-0.2, 0) is 16.1 Å². The molecule has 2 atom stereocenters. The first-order valence-electron chi connectivity index (χ1n) is 10.5. The molecule has 4 N–H and O–H groups in total. The average molecular weight is 370 g/mol. The monoisotopic (exact) mass is 369 g/mol. The van der Waals surface area contributed by atoms with Crippen LogP contribution in [0.25, 0.3) is 0 Å². The van der Waals surface area contributed by atoms with E-state index in [1.807, 2.05) is 24.3 Å². The molecule has 0 heterocycles. The molecular formula is C22H31N3O2. The molecule has 3 aliphatic carbocycles. The topological polar surface area (TPSA) is 84.2 Å². The van der Waals surface area contributed by atoms with E-state index in [1.54, 1.807) is 0 Å². The lowest BCUT2D eigenvalue weighted by atomic mass is 9.65. The zero-order valence-corrected chi connectivity index (χ0v) is 16.0. The molecule has 1 aromatic carbocycles. The molecule has 0 radical (unpaired) electrons. The number of nitrogens with two attached hydrogens (primary N) is 1. The summed E-state index contributed by atoms with van der Waals surface area (Å²) in [6.07, 6.45) is 8.61. The summed E-state index contributed by atoms with van der Waals surface area (Å²) in [5.74, 6) is 1.57. The summed E-state index contributed by atoms with van der Waals surface area (Å²) in [4.78, 5) is 24.8. The van der Waals surface area contributed by atoms with Gasteiger partial charge in [-0.2, -0.15) is 0 Å². The second-order valence-electron chi connectivity index (χ2n) is 8.73. The van der Waals surface area contributed by atoms with E-state index in [9.17, 15) is 9.59 Å². The van der Waals surface area contributed by atoms with E-state index in [0.717, 1.165) is 43.4 Å². The van der Waals surface area contributed by atoms with Gasteiger partial charge in [0.15, 0.2) is 0 Å². The van der Waals surface area contributed by atoms with Gasteiger partial charge in [0.2, 0.25) is 11.8 Å². The van der Waals surface area contributed by atoms with Gasteiger partial charge in [0.05, 0.1) is 0 Å². The first kappa shape index (κ1) is 18.5. The van der Waals surface area contributed by atoms with E-state index >= 15 is 0 Å². The molecular weight excluding hydrogens is 338 g/mol. The van der Waals surface area contributed by atoms with Gasteiger partial charge >= 0.3 is 0 Å². The molecule has 5 nitrogen and oxygen atoms in total. The van der Waals surface area contributed by atoms with Crippen LogP contribution in [0.5, 0.6) is 0 Å². The van der Waals surface area contributed by atoms with Gasteiger partial charge in [0.25, 0.3) is 0 Å². The van der Waals surface area contributed by atoms with Crippen molar-refractivity contribution < 1.29 is 9.59 Å². The van der Waals surface area contributed by atoms with Gasteiger partial charge in [0, 0.05) is 30.1 Å². The number of nitrogens with one attached hydrogen (secondary N) is 2. The van der Waals surface area contributed by atoms with Crippen LogP contribution in [0.4, 0.5) is 5.69 Å². The van der Waals surface area contributed by atoms with E-state index < -0.39 is 0 Å². The van der Waals surface area contributed by atoms with Gasteiger partial charge in [-0.25, -0.2) is 0 Å². The SMILES string of the molecule is NC1C2CCCC1CC(C(=O)NCc1cccc(NC(=O)C3CCC3)c1)C2. The van der Waals surface area contributed by atoms with Crippen LogP contribution in [0.2, 0.25) is 0 Å². The number of amides is 2. The number of rotatable bonds is 5. The van der Waals surface area contributed by atoms with Crippen LogP contribution >= 0.6 is 0 Å². The highest BCUT2D eigenvalue weighted by molar-refractivity contribution is 5.93. The van der Waals surface area contributed by atoms with Crippen LogP contribution in [-0.4, -0.2) is 17.9 Å². The van der Waals surface area contributed by atoms with E-state index in [1.165, 1.54) is 19.3 Å². The third kappa shape index (κ3) is 4.18. The summed E-state index contributed by atoms with van der Waals surface area (Å²) in [5, 5.41) is 6.11. The summed E-state index contributed by atoms with van der Waals surface area (Å²) < 4.78 is 0. The fraction of sp³-hybridized carbons (Fsp3) is 0.636. The average Bonchev–Trinajstić information content (AvgIpc) is 2.58. The normalized spacial score (nSPS) is 30.3. The van der Waals surface area contributed by atoms with Gasteiger partial charge in [-0.3, -0.25) is 9.59 Å². The van der Waals surface area contributed by atoms with Crippen molar-refractivity contribution in [1.29, 1.82) is 0 Å². The van der Waals surface area contributed by atoms with Crippen molar-refractivity contribution in [2.75, 3.05) is 5.32 Å². The number of benzene rings is 1. The molecule has 2 bridgehead atoms. The molecule has 3 aliphatic rings. The van der Waals surface area contributed by atoms with Crippen molar-refractivity contribution in [2.45, 2.75) is 64.0 Å². The van der Waals surface area contributed by atoms with Gasteiger partial charge in [-0.05, 0) is 68.1 Å². The second-order valence-corrected chi connectivity index (χ2v) is 8.73. The Morgan fingerprint density at radius 2 is 1.67 bits per heavy atom. The lowest BCUT2D eigenvalue weighted by Crippen LogP contribution is -2.49. The highest BCUT2D eigenvalue weighted by atomic mass is 16.2. The molecule has 0 aliphatic heterocycles. The predicted molar refractivity (Wildman–Crippen MR) is 106 cm³/mol. The largest absolute Gasteiger partial charge is 0.352 e. The maximum atomic E-state index is 12.7. The molecule has 5 heteroatoms. The molecule has 0 saturated heterocycles. The van der Waals surface area contributed by atoms with Gasteiger partial charge in [-0.1, -0.05) is 25.0 Å². The number of carbonyl (C=O) groups is 2. The third-order valence-corrected chi connectivity index (χ3v) is 6.92. The quantitative estimate of drug-likeness (QED) is 0.745. The van der Waals surface area contributed by atoms with Crippen LogP contribution in [0.3, 0.4) is 0 Å². The Morgan fingerprint density at radius 1 is 0.963 bits per heavy atom. The van der Waals surface area contributed by atoms with Crippen molar-refractivity contribution in [1.82, 2.24) is 5.32 Å². The van der Waals surface area contributed by atoms with Crippen molar-refractivity contribution in [3.8, 4) is 0 Å². The Morgan fingerprint density at radius 3 is 2.33 bits per heavy atom. The lowest BCUT2D eigenvalue weighted by Gasteiger charge is -2.43. The standard InChI is InChI=1S/C22H31N3O2/c23-20-16-7-3-8-17(20)12-18(11-16)21(26)24-13-14-4-1-9-19(10-14)25-22(27)15-5-2-6-15/h1,4,9-10,15-18,20H,2-3,5-8,11-13,23H2,(H,24,26)(H,25,27). The number of anilines is 1. The Labute approximate surface area is 161 Å². The van der Waals surface area contributed by atoms with Gasteiger partial charge in [-0.15, -0.1) is 0 Å². The Hall–Kier alpha value is -1.88. The molecule has 2 unspecified atom stereocenters. The summed E-state index contributed by atoms with van der Waals surface area (Å²) in [6, 6.07) is 8.08. The maximum Gasteiger partial charge on any atom is 0.227 e. The number of hydrogen-bond donors (Lipinski definition) is 3. The van der Waals surface area contributed by atoms with E-state index in [-0.39, 0.29) is 23.7 Å². The molecule has 0 spiro atoms. The number of fused-ring (bicyclic) bond motifs is 2. The minimum absolute atomic E-state index is 0.0987. The molecule has 2 amide bonds. The van der Waals surface area contributed by atoms with Crippen molar-refractivity contribution in [3.05, 3.63) is 29.8 Å². The summed E-state index contributed by atoms with van der Waals surface area (Å²) in [5.41, 5.74) is 8.17. The van der Waals surface area contributed by atoms with Crippen molar-refractivity contribution in [3.63, 3.8) is 0 Å².